The van der Waals surface area contributed by atoms with Gasteiger partial charge in [0, 0.05) is 67.6 Å². The number of carbonyl (C=O) groups is 1. The number of amides is 1. The van der Waals surface area contributed by atoms with E-state index in [-0.39, 0.29) is 11.5 Å². The summed E-state index contributed by atoms with van der Waals surface area (Å²) in [4.78, 5) is 36.0. The third-order valence-electron chi connectivity index (χ3n) is 5.97. The summed E-state index contributed by atoms with van der Waals surface area (Å²) in [7, 11) is 0. The number of benzene rings is 1. The van der Waals surface area contributed by atoms with E-state index in [0.29, 0.717) is 25.7 Å². The minimum absolute atomic E-state index is 0.0443. The molecule has 0 radical (unpaired) electrons. The summed E-state index contributed by atoms with van der Waals surface area (Å²) in [5.41, 5.74) is 1.52. The summed E-state index contributed by atoms with van der Waals surface area (Å²) in [6.07, 6.45) is 4.27. The Bertz CT molecular complexity index is 1150. The number of hydrogen-bond donors (Lipinski definition) is 0. The van der Waals surface area contributed by atoms with Gasteiger partial charge in [0.15, 0.2) is 4.96 Å². The molecule has 2 aliphatic rings. The number of carbonyl (C=O) groups excluding carboxylic acids is 1. The van der Waals surface area contributed by atoms with E-state index in [4.69, 9.17) is 4.74 Å². The van der Waals surface area contributed by atoms with Crippen molar-refractivity contribution in [2.75, 3.05) is 38.5 Å². The Morgan fingerprint density at radius 3 is 2.88 bits per heavy atom. The predicted molar refractivity (Wildman–Crippen MR) is 127 cm³/mol. The van der Waals surface area contributed by atoms with Crippen LogP contribution >= 0.6 is 23.1 Å². The molecule has 1 unspecified atom stereocenters. The maximum atomic E-state index is 13.3. The Hall–Kier alpha value is -2.20. The van der Waals surface area contributed by atoms with Crippen molar-refractivity contribution in [3.05, 3.63) is 63.5 Å². The third kappa shape index (κ3) is 4.76. The lowest BCUT2D eigenvalue weighted by Gasteiger charge is -2.34. The van der Waals surface area contributed by atoms with Crippen molar-refractivity contribution in [2.24, 2.45) is 0 Å². The van der Waals surface area contributed by atoms with Gasteiger partial charge in [-0.05, 0) is 25.0 Å². The van der Waals surface area contributed by atoms with Crippen LogP contribution in [0.25, 0.3) is 4.96 Å². The lowest BCUT2D eigenvalue weighted by Crippen LogP contribution is -2.48. The highest BCUT2D eigenvalue weighted by atomic mass is 32.2. The van der Waals surface area contributed by atoms with Gasteiger partial charge in [-0.2, -0.15) is 0 Å². The van der Waals surface area contributed by atoms with Gasteiger partial charge in [-0.15, -0.1) is 23.1 Å². The highest BCUT2D eigenvalue weighted by Crippen LogP contribution is 2.28. The fourth-order valence-electron chi connectivity index (χ4n) is 4.21. The van der Waals surface area contributed by atoms with E-state index in [1.807, 2.05) is 34.5 Å². The van der Waals surface area contributed by atoms with Crippen molar-refractivity contribution in [1.82, 2.24) is 19.2 Å². The van der Waals surface area contributed by atoms with Crippen LogP contribution in [0.4, 0.5) is 0 Å². The van der Waals surface area contributed by atoms with Gasteiger partial charge in [-0.25, -0.2) is 4.98 Å². The minimum atomic E-state index is -0.0443. The van der Waals surface area contributed by atoms with Crippen LogP contribution in [0.3, 0.4) is 0 Å². The summed E-state index contributed by atoms with van der Waals surface area (Å²) >= 11 is 3.18. The van der Waals surface area contributed by atoms with Crippen LogP contribution in [0, 0.1) is 0 Å². The van der Waals surface area contributed by atoms with Crippen LogP contribution < -0.4 is 5.56 Å². The zero-order valence-corrected chi connectivity index (χ0v) is 19.4. The molecule has 3 aromatic rings. The molecule has 0 spiro atoms. The summed E-state index contributed by atoms with van der Waals surface area (Å²) in [5, 5.41) is 1.87. The molecule has 0 bridgehead atoms. The first kappa shape index (κ1) is 21.6. The summed E-state index contributed by atoms with van der Waals surface area (Å²) in [5.74, 6) is 0.982. The summed E-state index contributed by atoms with van der Waals surface area (Å²) in [6, 6.07) is 9.50. The van der Waals surface area contributed by atoms with Crippen molar-refractivity contribution in [3.63, 3.8) is 0 Å². The second-order valence-corrected chi connectivity index (χ2v) is 10.1. The zero-order valence-electron chi connectivity index (χ0n) is 17.8. The number of nitrogens with zero attached hydrogens (tertiary/aromatic N) is 4. The van der Waals surface area contributed by atoms with E-state index in [1.54, 1.807) is 28.4 Å². The van der Waals surface area contributed by atoms with Gasteiger partial charge in [-0.3, -0.25) is 18.9 Å². The van der Waals surface area contributed by atoms with E-state index in [1.165, 1.54) is 11.3 Å². The molecule has 0 aliphatic carbocycles. The smallest absolute Gasteiger partial charge is 0.258 e. The molecule has 168 valence electrons. The van der Waals surface area contributed by atoms with E-state index in [2.05, 4.69) is 9.88 Å². The predicted octanol–water partition coefficient (Wildman–Crippen LogP) is 2.99. The third-order valence-corrected chi connectivity index (χ3v) is 7.93. The molecule has 1 atom stereocenters. The lowest BCUT2D eigenvalue weighted by molar-refractivity contribution is 0.0623. The molecule has 1 amide bonds. The van der Waals surface area contributed by atoms with Crippen molar-refractivity contribution in [1.29, 1.82) is 0 Å². The molecular weight excluding hydrogens is 444 g/mol. The number of hydrogen-bond acceptors (Lipinski definition) is 7. The summed E-state index contributed by atoms with van der Waals surface area (Å²) < 4.78 is 7.30. The van der Waals surface area contributed by atoms with Crippen molar-refractivity contribution in [3.8, 4) is 0 Å². The first-order chi connectivity index (χ1) is 15.7. The quantitative estimate of drug-likeness (QED) is 0.516. The molecule has 2 aliphatic heterocycles. The number of thioether (sulfide) groups is 1. The second kappa shape index (κ2) is 9.74. The van der Waals surface area contributed by atoms with Gasteiger partial charge in [-0.1, -0.05) is 12.1 Å². The maximum absolute atomic E-state index is 13.3. The van der Waals surface area contributed by atoms with Gasteiger partial charge in [0.2, 0.25) is 0 Å². The normalized spacial score (nSPS) is 19.6. The van der Waals surface area contributed by atoms with E-state index < -0.39 is 0 Å². The Morgan fingerprint density at radius 1 is 1.22 bits per heavy atom. The number of ether oxygens (including phenoxy) is 1. The first-order valence-electron chi connectivity index (χ1n) is 11.0. The fraction of sp³-hybridized carbons (Fsp3) is 0.435. The average molecular weight is 471 g/mol. The van der Waals surface area contributed by atoms with Crippen LogP contribution in [0.1, 0.15) is 28.9 Å². The largest absolute Gasteiger partial charge is 0.377 e. The molecule has 2 aromatic heterocycles. The monoisotopic (exact) mass is 470 g/mol. The number of fused-ring (bicyclic) bond motifs is 1. The molecule has 9 heteroatoms. The maximum Gasteiger partial charge on any atom is 0.258 e. The van der Waals surface area contributed by atoms with E-state index in [0.717, 1.165) is 59.4 Å². The Morgan fingerprint density at radius 2 is 2.06 bits per heavy atom. The Balaban J connectivity index is 1.19. The lowest BCUT2D eigenvalue weighted by atomic mass is 10.1. The van der Waals surface area contributed by atoms with E-state index >= 15 is 0 Å². The highest BCUT2D eigenvalue weighted by molar-refractivity contribution is 7.99. The molecule has 4 heterocycles. The van der Waals surface area contributed by atoms with Crippen LogP contribution in [0.2, 0.25) is 0 Å². The number of piperazine rings is 1. The van der Waals surface area contributed by atoms with Crippen LogP contribution in [-0.2, 0) is 11.3 Å². The van der Waals surface area contributed by atoms with Crippen LogP contribution in [0.15, 0.2) is 51.6 Å². The standard InChI is InChI=1S/C23H26N4O3S2/c28-21-14-17(24-23-27(21)11-13-31-23)15-25-7-9-26(10-8-25)22(29)19-5-1-2-6-20(19)32-16-18-4-3-12-30-18/h1-2,5-6,11,13-14,18H,3-4,7-10,12,15-16H2. The minimum Gasteiger partial charge on any atom is -0.377 e. The van der Waals surface area contributed by atoms with Gasteiger partial charge in [0.25, 0.3) is 11.5 Å². The molecular formula is C23H26N4O3S2. The topological polar surface area (TPSA) is 67.2 Å². The molecule has 1 aromatic carbocycles. The highest BCUT2D eigenvalue weighted by Gasteiger charge is 2.25. The molecule has 32 heavy (non-hydrogen) atoms. The van der Waals surface area contributed by atoms with Crippen LogP contribution in [0.5, 0.6) is 0 Å². The van der Waals surface area contributed by atoms with Gasteiger partial charge >= 0.3 is 0 Å². The number of rotatable bonds is 6. The average Bonchev–Trinajstić information content (AvgIpc) is 3.50. The number of aromatic nitrogens is 2. The molecule has 0 saturated carbocycles. The fourth-order valence-corrected chi connectivity index (χ4v) is 6.06. The van der Waals surface area contributed by atoms with Crippen molar-refractivity contribution >= 4 is 34.0 Å². The van der Waals surface area contributed by atoms with Gasteiger partial charge < -0.3 is 9.64 Å². The number of thiazole rings is 1. The van der Waals surface area contributed by atoms with Crippen LogP contribution in [-0.4, -0.2) is 69.7 Å². The summed E-state index contributed by atoms with van der Waals surface area (Å²) in [6.45, 7) is 4.35. The molecule has 5 rings (SSSR count). The van der Waals surface area contributed by atoms with E-state index in [9.17, 15) is 9.59 Å². The van der Waals surface area contributed by atoms with Gasteiger partial charge in [0.1, 0.15) is 0 Å². The van der Waals surface area contributed by atoms with Gasteiger partial charge in [0.05, 0.1) is 17.4 Å². The molecule has 2 saturated heterocycles. The SMILES string of the molecule is O=C(c1ccccc1SCC1CCCO1)N1CCN(Cc2cc(=O)n3ccsc3n2)CC1. The van der Waals surface area contributed by atoms with Crippen molar-refractivity contribution in [2.45, 2.75) is 30.4 Å². The molecule has 7 nitrogen and oxygen atoms in total. The van der Waals surface area contributed by atoms with Crippen molar-refractivity contribution < 1.29 is 9.53 Å². The first-order valence-corrected chi connectivity index (χ1v) is 12.8. The Labute approximate surface area is 195 Å². The molecule has 2 fully saturated rings. The molecule has 0 N–H and O–H groups in total. The zero-order chi connectivity index (χ0) is 21.9. The Kier molecular flexibility index (Phi) is 6.59. The second-order valence-electron chi connectivity index (χ2n) is 8.15.